The molecule has 2 heterocycles. The summed E-state index contributed by atoms with van der Waals surface area (Å²) in [6, 6.07) is 19.2. The van der Waals surface area contributed by atoms with Crippen LogP contribution in [-0.4, -0.2) is 26.9 Å². The van der Waals surface area contributed by atoms with Crippen LogP contribution in [0.1, 0.15) is 40.3 Å². The summed E-state index contributed by atoms with van der Waals surface area (Å²) in [5.74, 6) is -0.288. The summed E-state index contributed by atoms with van der Waals surface area (Å²) in [7, 11) is 0. The maximum atomic E-state index is 13.8. The molecule has 4 aromatic rings. The highest BCUT2D eigenvalue weighted by Crippen LogP contribution is 2.27. The van der Waals surface area contributed by atoms with Gasteiger partial charge in [-0.3, -0.25) is 19.2 Å². The Kier molecular flexibility index (Phi) is 5.49. The molecule has 0 spiro atoms. The number of benzene rings is 3. The highest BCUT2D eigenvalue weighted by molar-refractivity contribution is 5.98. The summed E-state index contributed by atoms with van der Waals surface area (Å²) in [6.45, 7) is 4.26. The van der Waals surface area contributed by atoms with Gasteiger partial charge >= 0.3 is 0 Å². The van der Waals surface area contributed by atoms with E-state index < -0.39 is 11.4 Å². The summed E-state index contributed by atoms with van der Waals surface area (Å²) in [5, 5.41) is 10.7. The van der Waals surface area contributed by atoms with Gasteiger partial charge in [0.1, 0.15) is 17.7 Å². The topological polar surface area (TPSA) is 79.9 Å². The molecule has 34 heavy (non-hydrogen) atoms. The molecule has 1 unspecified atom stereocenters. The number of carbonyl (C=O) groups is 1. The van der Waals surface area contributed by atoms with Crippen molar-refractivity contribution in [3.63, 3.8) is 0 Å². The van der Waals surface area contributed by atoms with E-state index in [-0.39, 0.29) is 17.2 Å². The second-order valence-corrected chi connectivity index (χ2v) is 8.35. The summed E-state index contributed by atoms with van der Waals surface area (Å²) in [4.78, 5) is 30.2. The lowest BCUT2D eigenvalue weighted by molar-refractivity contribution is 0.101. The predicted octanol–water partition coefficient (Wildman–Crippen LogP) is 4.96. The van der Waals surface area contributed by atoms with Gasteiger partial charge in [-0.2, -0.15) is 5.11 Å². The van der Waals surface area contributed by atoms with Crippen LogP contribution in [0.15, 0.2) is 81.9 Å². The first-order valence-corrected chi connectivity index (χ1v) is 10.9. The van der Waals surface area contributed by atoms with Gasteiger partial charge in [0.05, 0.1) is 29.7 Å². The smallest absolute Gasteiger partial charge is 0.266 e. The number of rotatable bonds is 5. The molecule has 0 radical (unpaired) electrons. The number of halogens is 1. The fourth-order valence-corrected chi connectivity index (χ4v) is 4.27. The normalized spacial score (nSPS) is 15.3. The van der Waals surface area contributed by atoms with E-state index in [2.05, 4.69) is 15.3 Å². The largest absolute Gasteiger partial charge is 0.294 e. The fourth-order valence-electron chi connectivity index (χ4n) is 4.27. The van der Waals surface area contributed by atoms with Crippen LogP contribution in [0.5, 0.6) is 0 Å². The monoisotopic (exact) mass is 455 g/mol. The Morgan fingerprint density at radius 2 is 1.88 bits per heavy atom. The van der Waals surface area contributed by atoms with Crippen molar-refractivity contribution in [2.24, 2.45) is 10.3 Å². The molecule has 7 nitrogen and oxygen atoms in total. The van der Waals surface area contributed by atoms with E-state index in [9.17, 15) is 14.0 Å². The average Bonchev–Trinajstić information content (AvgIpc) is 3.29. The molecular formula is C26H22FN5O2. The lowest BCUT2D eigenvalue weighted by atomic mass is 10.0. The van der Waals surface area contributed by atoms with E-state index in [4.69, 9.17) is 0 Å². The van der Waals surface area contributed by atoms with Crippen molar-refractivity contribution in [1.82, 2.24) is 14.6 Å². The Hall–Kier alpha value is -4.20. The number of carbonyl (C=O) groups excluding carboxylic acids is 1. The molecule has 5 rings (SSSR count). The van der Waals surface area contributed by atoms with Crippen LogP contribution in [0.4, 0.5) is 4.39 Å². The number of hydrogen-bond acceptors (Lipinski definition) is 6. The third-order valence-electron chi connectivity index (χ3n) is 5.93. The van der Waals surface area contributed by atoms with Crippen LogP contribution >= 0.6 is 0 Å². The van der Waals surface area contributed by atoms with Crippen LogP contribution in [0.2, 0.25) is 0 Å². The second kappa shape index (κ2) is 8.62. The first-order chi connectivity index (χ1) is 16.4. The highest BCUT2D eigenvalue weighted by atomic mass is 19.1. The minimum absolute atomic E-state index is 0.0296. The second-order valence-electron chi connectivity index (χ2n) is 8.35. The van der Waals surface area contributed by atoms with Gasteiger partial charge in [-0.25, -0.2) is 9.37 Å². The third-order valence-corrected chi connectivity index (χ3v) is 5.93. The van der Waals surface area contributed by atoms with E-state index in [1.54, 1.807) is 19.1 Å². The molecule has 3 aromatic carbocycles. The molecule has 1 aliphatic heterocycles. The molecule has 1 aliphatic rings. The van der Waals surface area contributed by atoms with E-state index in [0.717, 1.165) is 11.1 Å². The standard InChI is InChI=1S/C26H22FN5O2/c1-16(33)21-12-18(14-31-15-24(29-30-31)19-6-4-3-5-7-19)8-11-25(21)32-17(2)28-23-10-9-20(27)13-22(23)26(32)34/h3-13,24H,14-15H2,1-2H3. The van der Waals surface area contributed by atoms with E-state index >= 15 is 0 Å². The molecule has 0 amide bonds. The van der Waals surface area contributed by atoms with E-state index in [0.29, 0.717) is 35.7 Å². The Morgan fingerprint density at radius 1 is 1.09 bits per heavy atom. The minimum Gasteiger partial charge on any atom is -0.294 e. The van der Waals surface area contributed by atoms with Crippen LogP contribution in [0, 0.1) is 12.7 Å². The number of hydrogen-bond donors (Lipinski definition) is 0. The third kappa shape index (κ3) is 3.98. The van der Waals surface area contributed by atoms with Crippen molar-refractivity contribution in [1.29, 1.82) is 0 Å². The molecule has 0 saturated carbocycles. The molecule has 1 atom stereocenters. The van der Waals surface area contributed by atoms with Gasteiger partial charge in [-0.15, -0.1) is 0 Å². The Morgan fingerprint density at radius 3 is 2.65 bits per heavy atom. The number of nitrogens with zero attached hydrogens (tertiary/aromatic N) is 5. The first kappa shape index (κ1) is 21.6. The molecule has 1 aromatic heterocycles. The van der Waals surface area contributed by atoms with Gasteiger partial charge in [0, 0.05) is 5.56 Å². The Bertz CT molecular complexity index is 1500. The molecule has 0 saturated heterocycles. The zero-order chi connectivity index (χ0) is 23.8. The number of Topliss-reactive ketones (excluding diaryl/α,β-unsaturated/α-hetero) is 1. The quantitative estimate of drug-likeness (QED) is 0.399. The van der Waals surface area contributed by atoms with Gasteiger partial charge in [0.15, 0.2) is 5.78 Å². The maximum absolute atomic E-state index is 13.8. The summed E-state index contributed by atoms with van der Waals surface area (Å²) in [5.41, 5.74) is 2.76. The van der Waals surface area contributed by atoms with Crippen LogP contribution in [0.25, 0.3) is 16.6 Å². The zero-order valence-electron chi connectivity index (χ0n) is 18.8. The fraction of sp³-hybridized carbons (Fsp3) is 0.192. The maximum Gasteiger partial charge on any atom is 0.266 e. The van der Waals surface area contributed by atoms with Crippen molar-refractivity contribution in [3.05, 3.63) is 105 Å². The number of aromatic nitrogens is 2. The van der Waals surface area contributed by atoms with Crippen molar-refractivity contribution in [2.45, 2.75) is 26.4 Å². The molecular weight excluding hydrogens is 433 g/mol. The van der Waals surface area contributed by atoms with Gasteiger partial charge in [0.25, 0.3) is 5.56 Å². The summed E-state index contributed by atoms with van der Waals surface area (Å²) >= 11 is 0. The number of aryl methyl sites for hydroxylation is 1. The molecule has 0 aliphatic carbocycles. The molecule has 8 heteroatoms. The summed E-state index contributed by atoms with van der Waals surface area (Å²) < 4.78 is 15.2. The van der Waals surface area contributed by atoms with Gasteiger partial charge < -0.3 is 0 Å². The molecule has 170 valence electrons. The molecule has 0 fully saturated rings. The van der Waals surface area contributed by atoms with Gasteiger partial charge in [0.2, 0.25) is 0 Å². The Labute approximate surface area is 195 Å². The number of fused-ring (bicyclic) bond motifs is 1. The first-order valence-electron chi connectivity index (χ1n) is 10.9. The lowest BCUT2D eigenvalue weighted by Gasteiger charge is -2.17. The van der Waals surface area contributed by atoms with Crippen molar-refractivity contribution < 1.29 is 9.18 Å². The average molecular weight is 455 g/mol. The Balaban J connectivity index is 1.48. The zero-order valence-corrected chi connectivity index (χ0v) is 18.8. The molecule has 0 bridgehead atoms. The SMILES string of the molecule is CC(=O)c1cc(CN2CC(c3ccccc3)N=N2)ccc1-n1c(C)nc2ccc(F)cc2c1=O. The minimum atomic E-state index is -0.516. The van der Waals surface area contributed by atoms with E-state index in [1.807, 2.05) is 41.4 Å². The predicted molar refractivity (Wildman–Crippen MR) is 126 cm³/mol. The van der Waals surface area contributed by atoms with Gasteiger partial charge in [-0.1, -0.05) is 41.6 Å². The van der Waals surface area contributed by atoms with E-state index in [1.165, 1.54) is 29.7 Å². The van der Waals surface area contributed by atoms with Gasteiger partial charge in [-0.05, 0) is 55.3 Å². The number of ketones is 1. The van der Waals surface area contributed by atoms with Crippen molar-refractivity contribution in [3.8, 4) is 5.69 Å². The van der Waals surface area contributed by atoms with Crippen molar-refractivity contribution >= 4 is 16.7 Å². The highest BCUT2D eigenvalue weighted by Gasteiger charge is 2.22. The van der Waals surface area contributed by atoms with Crippen LogP contribution in [0.3, 0.4) is 0 Å². The summed E-state index contributed by atoms with van der Waals surface area (Å²) in [6.07, 6.45) is 0. The lowest BCUT2D eigenvalue weighted by Crippen LogP contribution is -2.24. The van der Waals surface area contributed by atoms with Crippen molar-refractivity contribution in [2.75, 3.05) is 6.54 Å². The van der Waals surface area contributed by atoms with Crippen LogP contribution < -0.4 is 5.56 Å². The van der Waals surface area contributed by atoms with Crippen LogP contribution in [-0.2, 0) is 6.54 Å². The molecule has 0 N–H and O–H groups in total.